The van der Waals surface area contributed by atoms with Gasteiger partial charge >= 0.3 is 0 Å². The molecule has 0 spiro atoms. The SMILES string of the molecule is CN=C(NCCc1ccccc1F)NCc1ccc(C#N)cc1F.I. The first-order valence-electron chi connectivity index (χ1n) is 7.50. The second-order valence-electron chi connectivity index (χ2n) is 5.11. The van der Waals surface area contributed by atoms with E-state index >= 15 is 0 Å². The minimum absolute atomic E-state index is 0. The highest BCUT2D eigenvalue weighted by molar-refractivity contribution is 14.0. The monoisotopic (exact) mass is 456 g/mol. The fourth-order valence-corrected chi connectivity index (χ4v) is 2.18. The van der Waals surface area contributed by atoms with E-state index < -0.39 is 5.82 Å². The Kier molecular flexibility index (Phi) is 8.84. The van der Waals surface area contributed by atoms with Crippen molar-refractivity contribution in [2.24, 2.45) is 4.99 Å². The molecule has 0 saturated carbocycles. The van der Waals surface area contributed by atoms with Gasteiger partial charge in [-0.2, -0.15) is 5.26 Å². The van der Waals surface area contributed by atoms with Crippen molar-refractivity contribution in [1.82, 2.24) is 10.6 Å². The van der Waals surface area contributed by atoms with Crippen LogP contribution in [-0.2, 0) is 13.0 Å². The summed E-state index contributed by atoms with van der Waals surface area (Å²) in [6.07, 6.45) is 0.513. The number of guanidine groups is 1. The molecule has 132 valence electrons. The van der Waals surface area contributed by atoms with Gasteiger partial charge in [-0.25, -0.2) is 8.78 Å². The van der Waals surface area contributed by atoms with E-state index in [0.717, 1.165) is 0 Å². The van der Waals surface area contributed by atoms with Crippen LogP contribution in [0.25, 0.3) is 0 Å². The zero-order valence-electron chi connectivity index (χ0n) is 13.7. The lowest BCUT2D eigenvalue weighted by Gasteiger charge is -2.12. The average Bonchev–Trinajstić information content (AvgIpc) is 2.60. The molecule has 0 aromatic heterocycles. The average molecular weight is 456 g/mol. The summed E-state index contributed by atoms with van der Waals surface area (Å²) in [6, 6.07) is 12.8. The van der Waals surface area contributed by atoms with Gasteiger partial charge in [-0.15, -0.1) is 24.0 Å². The van der Waals surface area contributed by atoms with Gasteiger partial charge in [-0.05, 0) is 30.2 Å². The third-order valence-electron chi connectivity index (χ3n) is 3.50. The number of halogens is 3. The molecule has 0 aliphatic heterocycles. The molecule has 0 amide bonds. The van der Waals surface area contributed by atoms with Crippen LogP contribution >= 0.6 is 24.0 Å². The number of nitriles is 1. The first kappa shape index (κ1) is 20.8. The number of benzene rings is 2. The van der Waals surface area contributed by atoms with E-state index in [1.807, 2.05) is 6.07 Å². The molecule has 0 bridgehead atoms. The minimum atomic E-state index is -0.441. The number of rotatable bonds is 5. The third-order valence-corrected chi connectivity index (χ3v) is 3.50. The van der Waals surface area contributed by atoms with Gasteiger partial charge in [0.05, 0.1) is 11.6 Å². The van der Waals surface area contributed by atoms with Crippen molar-refractivity contribution in [3.63, 3.8) is 0 Å². The molecule has 0 fully saturated rings. The van der Waals surface area contributed by atoms with Crippen molar-refractivity contribution >= 4 is 29.9 Å². The van der Waals surface area contributed by atoms with Gasteiger partial charge in [0.25, 0.3) is 0 Å². The first-order valence-corrected chi connectivity index (χ1v) is 7.50. The van der Waals surface area contributed by atoms with Gasteiger partial charge < -0.3 is 10.6 Å². The Morgan fingerprint density at radius 1 is 1.08 bits per heavy atom. The highest BCUT2D eigenvalue weighted by Gasteiger charge is 2.05. The number of nitrogens with one attached hydrogen (secondary N) is 2. The van der Waals surface area contributed by atoms with Gasteiger partial charge in [0.15, 0.2) is 5.96 Å². The quantitative estimate of drug-likeness (QED) is 0.412. The highest BCUT2D eigenvalue weighted by atomic mass is 127. The molecule has 0 unspecified atom stereocenters. The smallest absolute Gasteiger partial charge is 0.191 e. The molecular formula is C18H19F2IN4. The van der Waals surface area contributed by atoms with Crippen molar-refractivity contribution in [2.45, 2.75) is 13.0 Å². The highest BCUT2D eigenvalue weighted by Crippen LogP contribution is 2.09. The predicted octanol–water partition coefficient (Wildman–Crippen LogP) is 3.36. The molecule has 2 rings (SSSR count). The second-order valence-corrected chi connectivity index (χ2v) is 5.11. The molecule has 0 aliphatic rings. The summed E-state index contributed by atoms with van der Waals surface area (Å²) in [5.41, 5.74) is 1.34. The third kappa shape index (κ3) is 6.31. The Morgan fingerprint density at radius 2 is 1.84 bits per heavy atom. The molecule has 2 aromatic carbocycles. The molecule has 0 radical (unpaired) electrons. The predicted molar refractivity (Wildman–Crippen MR) is 105 cm³/mol. The largest absolute Gasteiger partial charge is 0.356 e. The molecule has 4 nitrogen and oxygen atoms in total. The Hall–Kier alpha value is -2.21. The van der Waals surface area contributed by atoms with Crippen molar-refractivity contribution in [2.75, 3.05) is 13.6 Å². The lowest BCUT2D eigenvalue weighted by atomic mass is 10.1. The second kappa shape index (κ2) is 10.6. The molecule has 0 heterocycles. The molecular weight excluding hydrogens is 437 g/mol. The van der Waals surface area contributed by atoms with Crippen LogP contribution in [0.5, 0.6) is 0 Å². The van der Waals surface area contributed by atoms with E-state index in [0.29, 0.717) is 30.1 Å². The Bertz CT molecular complexity index is 772. The molecule has 2 aromatic rings. The van der Waals surface area contributed by atoms with Crippen LogP contribution in [0.1, 0.15) is 16.7 Å². The summed E-state index contributed by atoms with van der Waals surface area (Å²) in [5.74, 6) is -0.180. The summed E-state index contributed by atoms with van der Waals surface area (Å²) in [4.78, 5) is 4.05. The summed E-state index contributed by atoms with van der Waals surface area (Å²) >= 11 is 0. The van der Waals surface area contributed by atoms with Gasteiger partial charge in [0, 0.05) is 25.7 Å². The normalized spacial score (nSPS) is 10.6. The van der Waals surface area contributed by atoms with E-state index in [4.69, 9.17) is 5.26 Å². The number of hydrogen-bond acceptors (Lipinski definition) is 2. The van der Waals surface area contributed by atoms with Gasteiger partial charge in [0.2, 0.25) is 0 Å². The topological polar surface area (TPSA) is 60.2 Å². The van der Waals surface area contributed by atoms with Crippen LogP contribution in [-0.4, -0.2) is 19.6 Å². The standard InChI is InChI=1S/C18H18F2N4.HI/c1-22-18(23-9-8-14-4-2-3-5-16(14)19)24-12-15-7-6-13(11-21)10-17(15)20;/h2-7,10H,8-9,12H2,1H3,(H2,22,23,24);1H. The Balaban J connectivity index is 0.00000312. The van der Waals surface area contributed by atoms with E-state index in [1.165, 1.54) is 12.1 Å². The molecule has 2 N–H and O–H groups in total. The summed E-state index contributed by atoms with van der Waals surface area (Å²) in [6.45, 7) is 0.730. The molecule has 0 aliphatic carbocycles. The van der Waals surface area contributed by atoms with Crippen LogP contribution in [0.2, 0.25) is 0 Å². The van der Waals surface area contributed by atoms with Crippen LogP contribution in [0.15, 0.2) is 47.5 Å². The van der Waals surface area contributed by atoms with Gasteiger partial charge in [-0.1, -0.05) is 24.3 Å². The van der Waals surface area contributed by atoms with Crippen molar-refractivity contribution in [3.05, 3.63) is 70.8 Å². The van der Waals surface area contributed by atoms with Crippen molar-refractivity contribution in [1.29, 1.82) is 5.26 Å². The molecule has 0 saturated heterocycles. The number of aliphatic imine (C=N–C) groups is 1. The van der Waals surface area contributed by atoms with Crippen LogP contribution in [0.3, 0.4) is 0 Å². The maximum Gasteiger partial charge on any atom is 0.191 e. The Morgan fingerprint density at radius 3 is 2.48 bits per heavy atom. The lowest BCUT2D eigenvalue weighted by Crippen LogP contribution is -2.38. The number of hydrogen-bond donors (Lipinski definition) is 2. The summed E-state index contributed by atoms with van der Waals surface area (Å²) in [5, 5.41) is 14.8. The Labute approximate surface area is 163 Å². The lowest BCUT2D eigenvalue weighted by molar-refractivity contribution is 0.601. The van der Waals surface area contributed by atoms with Gasteiger partial charge in [0.1, 0.15) is 11.6 Å². The van der Waals surface area contributed by atoms with Crippen molar-refractivity contribution < 1.29 is 8.78 Å². The van der Waals surface area contributed by atoms with E-state index in [-0.39, 0.29) is 41.9 Å². The first-order chi connectivity index (χ1) is 11.6. The van der Waals surface area contributed by atoms with E-state index in [2.05, 4.69) is 15.6 Å². The maximum absolute atomic E-state index is 13.8. The van der Waals surface area contributed by atoms with Crippen LogP contribution in [0.4, 0.5) is 8.78 Å². The van der Waals surface area contributed by atoms with E-state index in [9.17, 15) is 8.78 Å². The zero-order chi connectivity index (χ0) is 17.4. The molecule has 7 heteroatoms. The zero-order valence-corrected chi connectivity index (χ0v) is 16.1. The molecule has 0 atom stereocenters. The van der Waals surface area contributed by atoms with Crippen LogP contribution < -0.4 is 10.6 Å². The minimum Gasteiger partial charge on any atom is -0.356 e. The fourth-order valence-electron chi connectivity index (χ4n) is 2.18. The fraction of sp³-hybridized carbons (Fsp3) is 0.222. The van der Waals surface area contributed by atoms with Gasteiger partial charge in [-0.3, -0.25) is 4.99 Å². The summed E-state index contributed by atoms with van der Waals surface area (Å²) in [7, 11) is 1.60. The van der Waals surface area contributed by atoms with Crippen LogP contribution in [0, 0.1) is 23.0 Å². The number of nitrogens with zero attached hydrogens (tertiary/aromatic N) is 2. The molecule has 25 heavy (non-hydrogen) atoms. The summed E-state index contributed by atoms with van der Waals surface area (Å²) < 4.78 is 27.3. The van der Waals surface area contributed by atoms with Crippen molar-refractivity contribution in [3.8, 4) is 6.07 Å². The van der Waals surface area contributed by atoms with E-state index in [1.54, 1.807) is 37.4 Å². The maximum atomic E-state index is 13.8.